The van der Waals surface area contributed by atoms with Crippen LogP contribution in [0.5, 0.6) is 0 Å². The number of amides is 1. The van der Waals surface area contributed by atoms with Gasteiger partial charge in [-0.05, 0) is 29.7 Å². The van der Waals surface area contributed by atoms with E-state index in [1.165, 1.54) is 4.90 Å². The molecule has 0 spiro atoms. The summed E-state index contributed by atoms with van der Waals surface area (Å²) in [5.74, 6) is -2.01. The van der Waals surface area contributed by atoms with E-state index >= 15 is 0 Å². The Morgan fingerprint density at radius 2 is 1.27 bits per heavy atom. The molecular formula is C31H35NO5. The Morgan fingerprint density at radius 1 is 0.757 bits per heavy atom. The molecule has 0 aromatic heterocycles. The van der Waals surface area contributed by atoms with Crippen molar-refractivity contribution in [1.29, 1.82) is 0 Å². The smallest absolute Gasteiger partial charge is 0.339 e. The van der Waals surface area contributed by atoms with Crippen molar-refractivity contribution in [2.24, 2.45) is 0 Å². The summed E-state index contributed by atoms with van der Waals surface area (Å²) in [7, 11) is 0. The molecule has 37 heavy (non-hydrogen) atoms. The molecule has 0 bridgehead atoms. The standard InChI is InChI=1S/C31H35NO5/c1-2-3-4-5-15-22-28(33)37-24-23-32(29(34)25-16-9-6-10-17-25)31(30(35)36,26-18-11-7-12-19-26)27-20-13-8-14-21-27/h6-14,16-21H,2-5,15,22-24H2,1H3,(H,35,36). The zero-order chi connectivity index (χ0) is 26.5. The van der Waals surface area contributed by atoms with Gasteiger partial charge in [-0.25, -0.2) is 4.79 Å². The highest BCUT2D eigenvalue weighted by Gasteiger charge is 2.50. The molecule has 0 fully saturated rings. The molecule has 0 radical (unpaired) electrons. The summed E-state index contributed by atoms with van der Waals surface area (Å²) >= 11 is 0. The zero-order valence-electron chi connectivity index (χ0n) is 21.3. The molecule has 6 heteroatoms. The Bertz CT molecular complexity index is 1090. The molecule has 1 N–H and O–H groups in total. The van der Waals surface area contributed by atoms with Crippen LogP contribution < -0.4 is 0 Å². The monoisotopic (exact) mass is 501 g/mol. The minimum absolute atomic E-state index is 0.0919. The second-order valence-electron chi connectivity index (χ2n) is 8.96. The molecule has 194 valence electrons. The van der Waals surface area contributed by atoms with Crippen LogP contribution in [-0.4, -0.2) is 41.0 Å². The molecule has 0 aliphatic rings. The lowest BCUT2D eigenvalue weighted by Gasteiger charge is -2.41. The van der Waals surface area contributed by atoms with Gasteiger partial charge in [0.05, 0.1) is 6.54 Å². The van der Waals surface area contributed by atoms with E-state index in [1.807, 2.05) is 0 Å². The predicted octanol–water partition coefficient (Wildman–Crippen LogP) is 6.06. The van der Waals surface area contributed by atoms with Crippen molar-refractivity contribution < 1.29 is 24.2 Å². The molecule has 0 aliphatic heterocycles. The van der Waals surface area contributed by atoms with E-state index in [0.29, 0.717) is 23.1 Å². The highest BCUT2D eigenvalue weighted by atomic mass is 16.5. The quantitative estimate of drug-likeness (QED) is 0.214. The number of unbranched alkanes of at least 4 members (excludes halogenated alkanes) is 4. The van der Waals surface area contributed by atoms with Crippen molar-refractivity contribution >= 4 is 17.8 Å². The highest BCUT2D eigenvalue weighted by molar-refractivity contribution is 5.99. The number of carbonyl (C=O) groups is 3. The largest absolute Gasteiger partial charge is 0.479 e. The number of ether oxygens (including phenoxy) is 1. The predicted molar refractivity (Wildman–Crippen MR) is 143 cm³/mol. The minimum Gasteiger partial charge on any atom is -0.479 e. The van der Waals surface area contributed by atoms with Crippen LogP contribution in [0.3, 0.4) is 0 Å². The molecule has 0 heterocycles. The van der Waals surface area contributed by atoms with Crippen LogP contribution in [-0.2, 0) is 19.9 Å². The van der Waals surface area contributed by atoms with Crippen LogP contribution in [0.2, 0.25) is 0 Å². The zero-order valence-corrected chi connectivity index (χ0v) is 21.3. The van der Waals surface area contributed by atoms with Gasteiger partial charge in [0.25, 0.3) is 5.91 Å². The second kappa shape index (κ2) is 14.0. The molecule has 0 saturated carbocycles. The van der Waals surface area contributed by atoms with E-state index < -0.39 is 17.4 Å². The van der Waals surface area contributed by atoms with Gasteiger partial charge in [0, 0.05) is 12.0 Å². The van der Waals surface area contributed by atoms with Gasteiger partial charge in [-0.1, -0.05) is 111 Å². The Labute approximate surface area is 218 Å². The van der Waals surface area contributed by atoms with Crippen molar-refractivity contribution in [2.75, 3.05) is 13.2 Å². The van der Waals surface area contributed by atoms with Gasteiger partial charge in [-0.15, -0.1) is 0 Å². The maximum Gasteiger partial charge on any atom is 0.339 e. The summed E-state index contributed by atoms with van der Waals surface area (Å²) in [5.41, 5.74) is -0.621. The van der Waals surface area contributed by atoms with Crippen molar-refractivity contribution in [1.82, 2.24) is 4.90 Å². The molecule has 0 aliphatic carbocycles. The van der Waals surface area contributed by atoms with Gasteiger partial charge in [0.2, 0.25) is 0 Å². The van der Waals surface area contributed by atoms with Gasteiger partial charge in [0.1, 0.15) is 6.61 Å². The molecule has 3 aromatic rings. The number of hydrogen-bond acceptors (Lipinski definition) is 4. The molecule has 3 rings (SSSR count). The normalized spacial score (nSPS) is 11.1. The van der Waals surface area contributed by atoms with Crippen molar-refractivity contribution in [2.45, 2.75) is 51.0 Å². The van der Waals surface area contributed by atoms with Gasteiger partial charge in [-0.2, -0.15) is 0 Å². The molecule has 0 atom stereocenters. The SMILES string of the molecule is CCCCCCCC(=O)OCCN(C(=O)c1ccccc1)C(C(=O)O)(c1ccccc1)c1ccccc1. The van der Waals surface area contributed by atoms with E-state index in [9.17, 15) is 19.5 Å². The molecule has 0 unspecified atom stereocenters. The number of carboxylic acid groups (broad SMARTS) is 1. The Morgan fingerprint density at radius 3 is 1.78 bits per heavy atom. The maximum absolute atomic E-state index is 13.9. The third-order valence-electron chi connectivity index (χ3n) is 6.43. The number of benzene rings is 3. The van der Waals surface area contributed by atoms with Crippen molar-refractivity contribution in [3.05, 3.63) is 108 Å². The summed E-state index contributed by atoms with van der Waals surface area (Å²) in [4.78, 5) is 40.8. The van der Waals surface area contributed by atoms with Crippen molar-refractivity contribution in [3.8, 4) is 0 Å². The number of aliphatic carboxylic acids is 1. The first-order valence-electron chi connectivity index (χ1n) is 12.9. The average molecular weight is 502 g/mol. The molecule has 1 amide bonds. The van der Waals surface area contributed by atoms with Crippen LogP contribution in [0.15, 0.2) is 91.0 Å². The molecular weight excluding hydrogens is 466 g/mol. The summed E-state index contributed by atoms with van der Waals surface area (Å²) in [6, 6.07) is 26.0. The number of carbonyl (C=O) groups excluding carboxylic acids is 2. The van der Waals surface area contributed by atoms with Gasteiger partial charge >= 0.3 is 11.9 Å². The third kappa shape index (κ3) is 6.85. The molecule has 0 saturated heterocycles. The number of esters is 1. The summed E-state index contributed by atoms with van der Waals surface area (Å²) < 4.78 is 5.49. The lowest BCUT2D eigenvalue weighted by molar-refractivity contribution is -0.149. The fraction of sp³-hybridized carbons (Fsp3) is 0.323. The lowest BCUT2D eigenvalue weighted by atomic mass is 9.80. The van der Waals surface area contributed by atoms with E-state index in [1.54, 1.807) is 91.0 Å². The van der Waals surface area contributed by atoms with Gasteiger partial charge in [-0.3, -0.25) is 9.59 Å². The second-order valence-corrected chi connectivity index (χ2v) is 8.96. The number of hydrogen-bond donors (Lipinski definition) is 1. The Hall–Kier alpha value is -3.93. The van der Waals surface area contributed by atoms with Crippen LogP contribution in [0.4, 0.5) is 0 Å². The van der Waals surface area contributed by atoms with Crippen LogP contribution in [0, 0.1) is 0 Å². The first-order valence-corrected chi connectivity index (χ1v) is 12.9. The number of nitrogens with zero attached hydrogens (tertiary/aromatic N) is 1. The minimum atomic E-state index is -1.83. The van der Waals surface area contributed by atoms with Gasteiger partial charge < -0.3 is 14.7 Å². The highest BCUT2D eigenvalue weighted by Crippen LogP contribution is 2.37. The number of rotatable bonds is 14. The topological polar surface area (TPSA) is 83.9 Å². The fourth-order valence-electron chi connectivity index (χ4n) is 4.55. The van der Waals surface area contributed by atoms with Gasteiger partial charge in [0.15, 0.2) is 5.54 Å². The first kappa shape index (κ1) is 27.7. The summed E-state index contributed by atoms with van der Waals surface area (Å²) in [6.07, 6.45) is 5.37. The molecule has 6 nitrogen and oxygen atoms in total. The first-order chi connectivity index (χ1) is 18.0. The molecule has 3 aromatic carbocycles. The van der Waals surface area contributed by atoms with E-state index in [0.717, 1.165) is 32.1 Å². The van der Waals surface area contributed by atoms with Crippen molar-refractivity contribution in [3.63, 3.8) is 0 Å². The fourth-order valence-corrected chi connectivity index (χ4v) is 4.55. The Balaban J connectivity index is 1.96. The van der Waals surface area contributed by atoms with Crippen LogP contribution in [0.1, 0.15) is 66.9 Å². The summed E-state index contributed by atoms with van der Waals surface area (Å²) in [5, 5.41) is 10.8. The van der Waals surface area contributed by atoms with E-state index in [2.05, 4.69) is 6.92 Å². The lowest BCUT2D eigenvalue weighted by Crippen LogP contribution is -2.56. The Kier molecular flexibility index (Phi) is 10.4. The van der Waals surface area contributed by atoms with Crippen LogP contribution >= 0.6 is 0 Å². The maximum atomic E-state index is 13.9. The average Bonchev–Trinajstić information content (AvgIpc) is 2.93. The summed E-state index contributed by atoms with van der Waals surface area (Å²) in [6.45, 7) is 1.94. The third-order valence-corrected chi connectivity index (χ3v) is 6.43. The van der Waals surface area contributed by atoms with E-state index in [-0.39, 0.29) is 19.1 Å². The van der Waals surface area contributed by atoms with E-state index in [4.69, 9.17) is 4.74 Å². The number of carboxylic acids is 1. The van der Waals surface area contributed by atoms with Crippen LogP contribution in [0.25, 0.3) is 0 Å².